The predicted octanol–water partition coefficient (Wildman–Crippen LogP) is 4.05. The Kier molecular flexibility index (Phi) is 4.84. The van der Waals surface area contributed by atoms with Crippen LogP contribution in [0.15, 0.2) is 42.5 Å². The third-order valence-electron chi connectivity index (χ3n) is 4.50. The van der Waals surface area contributed by atoms with Gasteiger partial charge in [-0.15, -0.1) is 0 Å². The number of benzene rings is 2. The van der Waals surface area contributed by atoms with Gasteiger partial charge < -0.3 is 10.2 Å². The van der Waals surface area contributed by atoms with Crippen molar-refractivity contribution in [2.24, 2.45) is 0 Å². The van der Waals surface area contributed by atoms with Crippen LogP contribution in [0.1, 0.15) is 23.6 Å². The van der Waals surface area contributed by atoms with Gasteiger partial charge in [0.2, 0.25) is 6.41 Å². The van der Waals surface area contributed by atoms with E-state index in [9.17, 15) is 26.7 Å². The number of nitrogens with one attached hydrogen (secondary N) is 1. The first-order valence-electron chi connectivity index (χ1n) is 7.90. The molecule has 2 aromatic rings. The van der Waals surface area contributed by atoms with Crippen LogP contribution in [0, 0.1) is 11.6 Å². The monoisotopic (exact) mass is 370 g/mol. The average molecular weight is 370 g/mol. The van der Waals surface area contributed by atoms with Crippen LogP contribution in [0.3, 0.4) is 0 Å². The second kappa shape index (κ2) is 6.93. The first-order valence-corrected chi connectivity index (χ1v) is 7.90. The van der Waals surface area contributed by atoms with E-state index in [2.05, 4.69) is 5.32 Å². The lowest BCUT2D eigenvalue weighted by atomic mass is 9.98. The standard InChI is InChI=1S/C18H15F5N2O/c19-13-2-1-3-15(16(13)20)25-9-8-14(24-10-26)17(25)11-4-6-12(7-5-11)18(21,22)23/h1-7,10,14,17H,8-9H2,(H,24,26). The molecule has 1 N–H and O–H groups in total. The van der Waals surface area contributed by atoms with Gasteiger partial charge in [0.1, 0.15) is 0 Å². The molecule has 26 heavy (non-hydrogen) atoms. The molecule has 0 saturated carbocycles. The first-order chi connectivity index (χ1) is 12.3. The Hall–Kier alpha value is -2.64. The van der Waals surface area contributed by atoms with E-state index in [1.807, 2.05) is 0 Å². The van der Waals surface area contributed by atoms with Crippen LogP contribution in [0.25, 0.3) is 0 Å². The number of halogens is 5. The molecule has 8 heteroatoms. The molecule has 3 nitrogen and oxygen atoms in total. The van der Waals surface area contributed by atoms with Crippen molar-refractivity contribution in [3.05, 3.63) is 65.2 Å². The van der Waals surface area contributed by atoms with Gasteiger partial charge in [0.15, 0.2) is 11.6 Å². The zero-order valence-electron chi connectivity index (χ0n) is 13.4. The maximum atomic E-state index is 14.2. The molecule has 2 unspecified atom stereocenters. The minimum atomic E-state index is -4.47. The molecule has 3 rings (SSSR count). The van der Waals surface area contributed by atoms with Crippen molar-refractivity contribution in [1.29, 1.82) is 0 Å². The number of carbonyl (C=O) groups is 1. The Morgan fingerprint density at radius 2 is 1.77 bits per heavy atom. The zero-order chi connectivity index (χ0) is 18.9. The van der Waals surface area contributed by atoms with Gasteiger partial charge in [-0.1, -0.05) is 18.2 Å². The molecule has 1 saturated heterocycles. The highest BCUT2D eigenvalue weighted by Gasteiger charge is 2.37. The lowest BCUT2D eigenvalue weighted by Crippen LogP contribution is -2.35. The third kappa shape index (κ3) is 3.36. The summed E-state index contributed by atoms with van der Waals surface area (Å²) in [5.41, 5.74) is -0.328. The summed E-state index contributed by atoms with van der Waals surface area (Å²) in [5.74, 6) is -2.04. The highest BCUT2D eigenvalue weighted by atomic mass is 19.4. The van der Waals surface area contributed by atoms with Gasteiger partial charge in [0.25, 0.3) is 0 Å². The number of rotatable bonds is 4. The highest BCUT2D eigenvalue weighted by Crippen LogP contribution is 2.39. The van der Waals surface area contributed by atoms with E-state index in [1.165, 1.54) is 24.3 Å². The van der Waals surface area contributed by atoms with Crippen molar-refractivity contribution >= 4 is 12.1 Å². The molecule has 0 bridgehead atoms. The van der Waals surface area contributed by atoms with Gasteiger partial charge in [-0.25, -0.2) is 8.78 Å². The number of nitrogens with zero attached hydrogens (tertiary/aromatic N) is 1. The Balaban J connectivity index is 2.00. The van der Waals surface area contributed by atoms with E-state index in [0.717, 1.165) is 18.2 Å². The molecular formula is C18H15F5N2O. The van der Waals surface area contributed by atoms with Gasteiger partial charge in [-0.3, -0.25) is 4.79 Å². The summed E-state index contributed by atoms with van der Waals surface area (Å²) in [6, 6.07) is 7.16. The van der Waals surface area contributed by atoms with E-state index in [0.29, 0.717) is 24.9 Å². The fourth-order valence-corrected chi connectivity index (χ4v) is 3.32. The van der Waals surface area contributed by atoms with Crippen molar-refractivity contribution in [1.82, 2.24) is 5.32 Å². The lowest BCUT2D eigenvalue weighted by molar-refractivity contribution is -0.137. The van der Waals surface area contributed by atoms with Crippen LogP contribution in [-0.2, 0) is 11.0 Å². The van der Waals surface area contributed by atoms with Gasteiger partial charge in [0.05, 0.1) is 23.3 Å². The minimum absolute atomic E-state index is 0.00472. The Bertz CT molecular complexity index is 791. The summed E-state index contributed by atoms with van der Waals surface area (Å²) in [6.45, 7) is 0.317. The summed E-state index contributed by atoms with van der Waals surface area (Å²) in [5, 5.41) is 2.61. The van der Waals surface area contributed by atoms with Gasteiger partial charge in [0, 0.05) is 6.54 Å². The summed E-state index contributed by atoms with van der Waals surface area (Å²) < 4.78 is 66.1. The largest absolute Gasteiger partial charge is 0.416 e. The molecule has 138 valence electrons. The first kappa shape index (κ1) is 18.2. The molecule has 1 aliphatic heterocycles. The summed E-state index contributed by atoms with van der Waals surface area (Å²) in [7, 11) is 0. The summed E-state index contributed by atoms with van der Waals surface area (Å²) >= 11 is 0. The maximum Gasteiger partial charge on any atom is 0.416 e. The van der Waals surface area contributed by atoms with E-state index < -0.39 is 35.5 Å². The number of carbonyl (C=O) groups excluding carboxylic acids is 1. The van der Waals surface area contributed by atoms with E-state index >= 15 is 0 Å². The molecule has 0 radical (unpaired) electrons. The van der Waals surface area contributed by atoms with Crippen molar-refractivity contribution in [2.75, 3.05) is 11.4 Å². The molecule has 0 aliphatic carbocycles. The lowest BCUT2D eigenvalue weighted by Gasteiger charge is -2.30. The van der Waals surface area contributed by atoms with Gasteiger partial charge in [-0.2, -0.15) is 13.2 Å². The van der Waals surface area contributed by atoms with E-state index in [-0.39, 0.29) is 5.69 Å². The van der Waals surface area contributed by atoms with E-state index in [1.54, 1.807) is 4.90 Å². The van der Waals surface area contributed by atoms with E-state index in [4.69, 9.17) is 0 Å². The molecule has 1 heterocycles. The molecule has 2 aromatic carbocycles. The van der Waals surface area contributed by atoms with Crippen molar-refractivity contribution < 1.29 is 26.7 Å². The number of alkyl halides is 3. The maximum absolute atomic E-state index is 14.2. The van der Waals surface area contributed by atoms with Crippen LogP contribution in [0.5, 0.6) is 0 Å². The molecule has 0 aromatic heterocycles. The fraction of sp³-hybridized carbons (Fsp3) is 0.278. The van der Waals surface area contributed by atoms with Crippen molar-refractivity contribution in [3.8, 4) is 0 Å². The third-order valence-corrected chi connectivity index (χ3v) is 4.50. The van der Waals surface area contributed by atoms with Crippen molar-refractivity contribution in [2.45, 2.75) is 24.7 Å². The zero-order valence-corrected chi connectivity index (χ0v) is 13.4. The minimum Gasteiger partial charge on any atom is -0.360 e. The Morgan fingerprint density at radius 3 is 2.38 bits per heavy atom. The van der Waals surface area contributed by atoms with Crippen LogP contribution < -0.4 is 10.2 Å². The second-order valence-electron chi connectivity index (χ2n) is 6.01. The summed E-state index contributed by atoms with van der Waals surface area (Å²) in [6.07, 6.45) is -3.53. The quantitative estimate of drug-likeness (QED) is 0.651. The van der Waals surface area contributed by atoms with Crippen LogP contribution >= 0.6 is 0 Å². The highest BCUT2D eigenvalue weighted by molar-refractivity contribution is 5.55. The molecule has 1 amide bonds. The number of hydrogen-bond donors (Lipinski definition) is 1. The average Bonchev–Trinajstić information content (AvgIpc) is 3.00. The smallest absolute Gasteiger partial charge is 0.360 e. The molecular weight excluding hydrogens is 355 g/mol. The number of anilines is 1. The molecule has 1 fully saturated rings. The number of amides is 1. The Labute approximate surface area is 146 Å². The molecule has 2 atom stereocenters. The Morgan fingerprint density at radius 1 is 1.08 bits per heavy atom. The summed E-state index contributed by atoms with van der Waals surface area (Å²) in [4.78, 5) is 12.4. The van der Waals surface area contributed by atoms with Crippen LogP contribution in [0.4, 0.5) is 27.6 Å². The SMILES string of the molecule is O=CNC1CCN(c2cccc(F)c2F)C1c1ccc(C(F)(F)F)cc1. The van der Waals surface area contributed by atoms with Crippen LogP contribution in [-0.4, -0.2) is 19.0 Å². The fourth-order valence-electron chi connectivity index (χ4n) is 3.32. The predicted molar refractivity (Wildman–Crippen MR) is 85.5 cm³/mol. The van der Waals surface area contributed by atoms with Gasteiger partial charge >= 0.3 is 6.18 Å². The molecule has 1 aliphatic rings. The van der Waals surface area contributed by atoms with Crippen molar-refractivity contribution in [3.63, 3.8) is 0 Å². The normalized spacial score (nSPS) is 20.3. The molecule has 0 spiro atoms. The second-order valence-corrected chi connectivity index (χ2v) is 6.01. The topological polar surface area (TPSA) is 32.3 Å². The van der Waals surface area contributed by atoms with Crippen LogP contribution in [0.2, 0.25) is 0 Å². The number of hydrogen-bond acceptors (Lipinski definition) is 2. The van der Waals surface area contributed by atoms with Gasteiger partial charge in [-0.05, 0) is 36.2 Å².